The number of thiazole rings is 1. The van der Waals surface area contributed by atoms with E-state index in [1.807, 2.05) is 10.3 Å². The molecular weight excluding hydrogens is 487 g/mol. The van der Waals surface area contributed by atoms with Crippen LogP contribution in [0.2, 0.25) is 10.0 Å². The molecule has 2 heterocycles. The molecule has 0 N–H and O–H groups in total. The second kappa shape index (κ2) is 8.99. The first-order valence-corrected chi connectivity index (χ1v) is 12.4. The molecule has 0 spiro atoms. The normalized spacial score (nSPS) is 15.4. The molecule has 1 aromatic heterocycles. The maximum absolute atomic E-state index is 13.4. The second-order valence-electron chi connectivity index (χ2n) is 7.04. The average molecular weight is 504 g/mol. The number of aromatic nitrogens is 1. The van der Waals surface area contributed by atoms with Crippen LogP contribution in [-0.4, -0.2) is 43.9 Å². The standard InChI is InChI=1S/C20H17Cl2F2N3O2S2/c21-18-2-1-17(11-19(18)22)31(28,29)27-5-3-26(4-6-27)20-25-16(12-30-20)9-13-7-14(23)10-15(24)8-13/h1-2,7-8,10-12H,3-6,9H2. The van der Waals surface area contributed by atoms with Gasteiger partial charge in [-0.1, -0.05) is 23.2 Å². The topological polar surface area (TPSA) is 53.5 Å². The van der Waals surface area contributed by atoms with E-state index in [9.17, 15) is 17.2 Å². The summed E-state index contributed by atoms with van der Waals surface area (Å²) in [6.45, 7) is 1.55. The van der Waals surface area contributed by atoms with E-state index in [0.29, 0.717) is 48.9 Å². The third kappa shape index (κ3) is 5.01. The molecule has 1 fully saturated rings. The zero-order valence-electron chi connectivity index (χ0n) is 16.1. The quantitative estimate of drug-likeness (QED) is 0.500. The number of nitrogens with zero attached hydrogens (tertiary/aromatic N) is 3. The Bertz CT molecular complexity index is 1190. The Morgan fingerprint density at radius 1 is 0.968 bits per heavy atom. The zero-order valence-corrected chi connectivity index (χ0v) is 19.2. The van der Waals surface area contributed by atoms with E-state index >= 15 is 0 Å². The summed E-state index contributed by atoms with van der Waals surface area (Å²) < 4.78 is 54.0. The molecule has 1 aliphatic rings. The predicted molar refractivity (Wildman–Crippen MR) is 119 cm³/mol. The van der Waals surface area contributed by atoms with Gasteiger partial charge in [0.2, 0.25) is 10.0 Å². The predicted octanol–water partition coefficient (Wildman–Crippen LogP) is 4.83. The lowest BCUT2D eigenvalue weighted by Crippen LogP contribution is -2.48. The molecule has 0 saturated carbocycles. The van der Waals surface area contributed by atoms with Gasteiger partial charge in [-0.2, -0.15) is 4.31 Å². The minimum absolute atomic E-state index is 0.106. The lowest BCUT2D eigenvalue weighted by Gasteiger charge is -2.33. The summed E-state index contributed by atoms with van der Waals surface area (Å²) in [6, 6.07) is 7.67. The Hall–Kier alpha value is -1.78. The summed E-state index contributed by atoms with van der Waals surface area (Å²) in [5, 5.41) is 3.08. The van der Waals surface area contributed by atoms with Crippen LogP contribution >= 0.6 is 34.5 Å². The van der Waals surface area contributed by atoms with Crippen molar-refractivity contribution in [3.63, 3.8) is 0 Å². The highest BCUT2D eigenvalue weighted by Crippen LogP contribution is 2.28. The molecular formula is C20H17Cl2F2N3O2S2. The third-order valence-corrected chi connectivity index (χ3v) is 8.47. The number of halogens is 4. The van der Waals surface area contributed by atoms with E-state index in [4.69, 9.17) is 23.2 Å². The molecule has 4 rings (SSSR count). The number of hydrogen-bond donors (Lipinski definition) is 0. The van der Waals surface area contributed by atoms with Crippen molar-refractivity contribution in [2.75, 3.05) is 31.1 Å². The van der Waals surface area contributed by atoms with Crippen molar-refractivity contribution < 1.29 is 17.2 Å². The highest BCUT2D eigenvalue weighted by atomic mass is 35.5. The van der Waals surface area contributed by atoms with Gasteiger partial charge in [-0.25, -0.2) is 22.2 Å². The Morgan fingerprint density at radius 2 is 1.65 bits per heavy atom. The maximum atomic E-state index is 13.4. The Kier molecular flexibility index (Phi) is 6.50. The third-order valence-electron chi connectivity index (χ3n) is 4.89. The number of rotatable bonds is 5. The van der Waals surface area contributed by atoms with E-state index < -0.39 is 21.7 Å². The molecule has 0 unspecified atom stereocenters. The lowest BCUT2D eigenvalue weighted by atomic mass is 10.1. The first kappa shape index (κ1) is 22.4. The van der Waals surface area contributed by atoms with E-state index in [1.165, 1.54) is 46.0 Å². The van der Waals surface area contributed by atoms with Gasteiger partial charge in [0.15, 0.2) is 5.13 Å². The van der Waals surface area contributed by atoms with Gasteiger partial charge in [0.1, 0.15) is 11.6 Å². The van der Waals surface area contributed by atoms with Crippen molar-refractivity contribution in [3.8, 4) is 0 Å². The van der Waals surface area contributed by atoms with Crippen LogP contribution in [0.1, 0.15) is 11.3 Å². The van der Waals surface area contributed by atoms with Crippen LogP contribution in [-0.2, 0) is 16.4 Å². The first-order valence-electron chi connectivity index (χ1n) is 9.32. The van der Waals surface area contributed by atoms with Crippen LogP contribution in [0.3, 0.4) is 0 Å². The molecule has 0 bridgehead atoms. The molecule has 1 aliphatic heterocycles. The average Bonchev–Trinajstić information content (AvgIpc) is 3.17. The number of hydrogen-bond acceptors (Lipinski definition) is 5. The van der Waals surface area contributed by atoms with Crippen LogP contribution in [0.5, 0.6) is 0 Å². The van der Waals surface area contributed by atoms with Gasteiger partial charge in [0, 0.05) is 44.0 Å². The fourth-order valence-electron chi connectivity index (χ4n) is 3.35. The lowest BCUT2D eigenvalue weighted by molar-refractivity contribution is 0.384. The largest absolute Gasteiger partial charge is 0.345 e. The van der Waals surface area contributed by atoms with Crippen molar-refractivity contribution >= 4 is 49.7 Å². The first-order chi connectivity index (χ1) is 14.7. The van der Waals surface area contributed by atoms with Crippen molar-refractivity contribution in [2.45, 2.75) is 11.3 Å². The molecule has 1 saturated heterocycles. The summed E-state index contributed by atoms with van der Waals surface area (Å²) in [4.78, 5) is 6.66. The van der Waals surface area contributed by atoms with Gasteiger partial charge >= 0.3 is 0 Å². The molecule has 0 atom stereocenters. The fraction of sp³-hybridized carbons (Fsp3) is 0.250. The smallest absolute Gasteiger partial charge is 0.243 e. The fourth-order valence-corrected chi connectivity index (χ4v) is 6.04. The van der Waals surface area contributed by atoms with Crippen molar-refractivity contribution in [1.29, 1.82) is 0 Å². The minimum atomic E-state index is -3.68. The van der Waals surface area contributed by atoms with Crippen LogP contribution in [0.25, 0.3) is 0 Å². The van der Waals surface area contributed by atoms with Gasteiger partial charge in [-0.3, -0.25) is 0 Å². The van der Waals surface area contributed by atoms with Crippen LogP contribution in [0.15, 0.2) is 46.7 Å². The Morgan fingerprint density at radius 3 is 2.29 bits per heavy atom. The molecule has 3 aromatic rings. The van der Waals surface area contributed by atoms with Gasteiger partial charge in [0.25, 0.3) is 0 Å². The molecule has 0 amide bonds. The molecule has 11 heteroatoms. The molecule has 31 heavy (non-hydrogen) atoms. The summed E-state index contributed by atoms with van der Waals surface area (Å²) in [5.41, 5.74) is 1.21. The second-order valence-corrected chi connectivity index (χ2v) is 10.6. The van der Waals surface area contributed by atoms with Gasteiger partial charge in [-0.05, 0) is 35.9 Å². The minimum Gasteiger partial charge on any atom is -0.345 e. The van der Waals surface area contributed by atoms with Crippen molar-refractivity contribution in [1.82, 2.24) is 9.29 Å². The molecule has 164 valence electrons. The Labute approximate surface area is 192 Å². The van der Waals surface area contributed by atoms with Crippen molar-refractivity contribution in [2.24, 2.45) is 0 Å². The monoisotopic (exact) mass is 503 g/mol. The van der Waals surface area contributed by atoms with Crippen molar-refractivity contribution in [3.05, 3.63) is 74.7 Å². The van der Waals surface area contributed by atoms with Gasteiger partial charge in [0.05, 0.1) is 20.6 Å². The van der Waals surface area contributed by atoms with Crippen LogP contribution in [0, 0.1) is 11.6 Å². The summed E-state index contributed by atoms with van der Waals surface area (Å²) >= 11 is 13.3. The molecule has 0 aliphatic carbocycles. The van der Waals surface area contributed by atoms with Crippen LogP contribution < -0.4 is 4.90 Å². The summed E-state index contributed by atoms with van der Waals surface area (Å²) in [5.74, 6) is -1.24. The van der Waals surface area contributed by atoms with Gasteiger partial charge in [-0.15, -0.1) is 11.3 Å². The maximum Gasteiger partial charge on any atom is 0.243 e. The highest BCUT2D eigenvalue weighted by Gasteiger charge is 2.29. The summed E-state index contributed by atoms with van der Waals surface area (Å²) in [6.07, 6.45) is 0.316. The van der Waals surface area contributed by atoms with E-state index in [-0.39, 0.29) is 9.92 Å². The summed E-state index contributed by atoms with van der Waals surface area (Å²) in [7, 11) is -3.68. The van der Waals surface area contributed by atoms with Gasteiger partial charge < -0.3 is 4.90 Å². The van der Waals surface area contributed by atoms with Crippen LogP contribution in [0.4, 0.5) is 13.9 Å². The van der Waals surface area contributed by atoms with E-state index in [2.05, 4.69) is 4.98 Å². The molecule has 5 nitrogen and oxygen atoms in total. The molecule has 0 radical (unpaired) electrons. The Balaban J connectivity index is 1.41. The highest BCUT2D eigenvalue weighted by molar-refractivity contribution is 7.89. The zero-order chi connectivity index (χ0) is 22.2. The molecule has 2 aromatic carbocycles. The van der Waals surface area contributed by atoms with E-state index in [0.717, 1.165) is 11.2 Å². The number of benzene rings is 2. The number of piperazine rings is 1. The van der Waals surface area contributed by atoms with E-state index in [1.54, 1.807) is 0 Å². The number of anilines is 1. The SMILES string of the molecule is O=S(=O)(c1ccc(Cl)c(Cl)c1)N1CCN(c2nc(Cc3cc(F)cc(F)c3)cs2)CC1. The number of sulfonamides is 1.